The molecular formula is C14H21NO2S. The molecule has 100 valence electrons. The maximum absolute atomic E-state index is 12.3. The van der Waals surface area contributed by atoms with Crippen molar-refractivity contribution in [3.05, 3.63) is 35.4 Å². The van der Waals surface area contributed by atoms with Gasteiger partial charge in [-0.3, -0.25) is 0 Å². The molecule has 2 rings (SSSR count). The Bertz CT molecular complexity index is 510. The summed E-state index contributed by atoms with van der Waals surface area (Å²) < 4.78 is 26.3. The summed E-state index contributed by atoms with van der Waals surface area (Å²) in [6.45, 7) is 5.46. The molecule has 1 fully saturated rings. The minimum absolute atomic E-state index is 0.126. The zero-order valence-corrected chi connectivity index (χ0v) is 11.9. The molecule has 0 aromatic heterocycles. The maximum atomic E-state index is 12.3. The topological polar surface area (TPSA) is 37.4 Å². The molecule has 1 aromatic carbocycles. The van der Waals surface area contributed by atoms with Gasteiger partial charge in [0.2, 0.25) is 10.0 Å². The first-order valence-electron chi connectivity index (χ1n) is 6.51. The van der Waals surface area contributed by atoms with Gasteiger partial charge < -0.3 is 0 Å². The first-order chi connectivity index (χ1) is 8.47. The molecule has 1 saturated heterocycles. The molecule has 0 spiro atoms. The van der Waals surface area contributed by atoms with Gasteiger partial charge in [0.15, 0.2) is 0 Å². The summed E-state index contributed by atoms with van der Waals surface area (Å²) in [5, 5.41) is 0. The van der Waals surface area contributed by atoms with Crippen molar-refractivity contribution < 1.29 is 8.42 Å². The van der Waals surface area contributed by atoms with E-state index in [1.807, 2.05) is 31.2 Å². The van der Waals surface area contributed by atoms with E-state index in [0.717, 1.165) is 24.0 Å². The fourth-order valence-electron chi connectivity index (χ4n) is 2.50. The van der Waals surface area contributed by atoms with Crippen LogP contribution in [0.4, 0.5) is 0 Å². The van der Waals surface area contributed by atoms with E-state index in [2.05, 4.69) is 6.92 Å². The quantitative estimate of drug-likeness (QED) is 0.844. The Morgan fingerprint density at radius 2 is 2.17 bits per heavy atom. The van der Waals surface area contributed by atoms with Crippen LogP contribution < -0.4 is 0 Å². The van der Waals surface area contributed by atoms with Crippen LogP contribution in [0.1, 0.15) is 30.9 Å². The number of piperidine rings is 1. The van der Waals surface area contributed by atoms with E-state index in [4.69, 9.17) is 0 Å². The largest absolute Gasteiger partial charge is 0.218 e. The van der Waals surface area contributed by atoms with Crippen molar-refractivity contribution in [2.75, 3.05) is 13.1 Å². The zero-order valence-electron chi connectivity index (χ0n) is 11.1. The van der Waals surface area contributed by atoms with Gasteiger partial charge in [-0.2, -0.15) is 0 Å². The molecular weight excluding hydrogens is 246 g/mol. The standard InChI is InChI=1S/C14H21NO2S/c1-12-5-3-7-14(9-12)11-18(16,17)15-8-4-6-13(2)10-15/h3,5,7,9,13H,4,6,8,10-11H2,1-2H3/t13-/m0/s1. The molecule has 0 saturated carbocycles. The molecule has 1 heterocycles. The summed E-state index contributed by atoms with van der Waals surface area (Å²) >= 11 is 0. The lowest BCUT2D eigenvalue weighted by atomic mass is 10.0. The minimum Gasteiger partial charge on any atom is -0.212 e. The highest BCUT2D eigenvalue weighted by molar-refractivity contribution is 7.88. The number of rotatable bonds is 3. The van der Waals surface area contributed by atoms with Crippen molar-refractivity contribution in [3.63, 3.8) is 0 Å². The average Bonchev–Trinajstić information content (AvgIpc) is 2.28. The molecule has 3 nitrogen and oxygen atoms in total. The SMILES string of the molecule is Cc1cccc(CS(=O)(=O)N2CCC[C@H](C)C2)c1. The molecule has 1 atom stereocenters. The number of sulfonamides is 1. The lowest BCUT2D eigenvalue weighted by Gasteiger charge is -2.30. The highest BCUT2D eigenvalue weighted by Crippen LogP contribution is 2.21. The van der Waals surface area contributed by atoms with Crippen molar-refractivity contribution in [2.45, 2.75) is 32.4 Å². The Labute approximate surface area is 110 Å². The fourth-order valence-corrected chi connectivity index (χ4v) is 4.18. The molecule has 1 aromatic rings. The van der Waals surface area contributed by atoms with Crippen molar-refractivity contribution >= 4 is 10.0 Å². The summed E-state index contributed by atoms with van der Waals surface area (Å²) in [4.78, 5) is 0. The fraction of sp³-hybridized carbons (Fsp3) is 0.571. The summed E-state index contributed by atoms with van der Waals surface area (Å²) in [7, 11) is -3.15. The first-order valence-corrected chi connectivity index (χ1v) is 8.11. The van der Waals surface area contributed by atoms with Crippen molar-refractivity contribution in [3.8, 4) is 0 Å². The smallest absolute Gasteiger partial charge is 0.212 e. The molecule has 4 heteroatoms. The summed E-state index contributed by atoms with van der Waals surface area (Å²) in [5.41, 5.74) is 1.99. The molecule has 0 bridgehead atoms. The molecule has 0 radical (unpaired) electrons. The summed E-state index contributed by atoms with van der Waals surface area (Å²) in [5.74, 6) is 0.604. The van der Waals surface area contributed by atoms with Crippen LogP contribution in [0, 0.1) is 12.8 Å². The Morgan fingerprint density at radius 3 is 2.83 bits per heavy atom. The lowest BCUT2D eigenvalue weighted by molar-refractivity contribution is 0.281. The zero-order chi connectivity index (χ0) is 13.2. The Kier molecular flexibility index (Phi) is 4.07. The molecule has 0 aliphatic carbocycles. The Morgan fingerprint density at radius 1 is 1.39 bits per heavy atom. The predicted octanol–water partition coefficient (Wildman–Crippen LogP) is 2.56. The Balaban J connectivity index is 2.11. The van der Waals surface area contributed by atoms with Gasteiger partial charge in [-0.15, -0.1) is 0 Å². The van der Waals surface area contributed by atoms with E-state index < -0.39 is 10.0 Å². The lowest BCUT2D eigenvalue weighted by Crippen LogP contribution is -2.39. The van der Waals surface area contributed by atoms with Crippen molar-refractivity contribution in [1.29, 1.82) is 0 Å². The number of nitrogens with zero attached hydrogens (tertiary/aromatic N) is 1. The van der Waals surface area contributed by atoms with Gasteiger partial charge in [0.1, 0.15) is 0 Å². The molecule has 1 aliphatic heterocycles. The van der Waals surface area contributed by atoms with Crippen LogP contribution in [0.3, 0.4) is 0 Å². The molecule has 18 heavy (non-hydrogen) atoms. The normalized spacial score (nSPS) is 22.0. The van der Waals surface area contributed by atoms with Gasteiger partial charge in [0.25, 0.3) is 0 Å². The molecule has 0 amide bonds. The van der Waals surface area contributed by atoms with Crippen LogP contribution in [-0.2, 0) is 15.8 Å². The highest BCUT2D eigenvalue weighted by atomic mass is 32.2. The van der Waals surface area contributed by atoms with Gasteiger partial charge in [0, 0.05) is 13.1 Å². The summed E-state index contributed by atoms with van der Waals surface area (Å²) in [6.07, 6.45) is 2.12. The van der Waals surface area contributed by atoms with Gasteiger partial charge in [-0.25, -0.2) is 12.7 Å². The van der Waals surface area contributed by atoms with Crippen LogP contribution in [0.2, 0.25) is 0 Å². The second kappa shape index (κ2) is 5.41. The van der Waals surface area contributed by atoms with Gasteiger partial charge in [0.05, 0.1) is 5.75 Å². The van der Waals surface area contributed by atoms with Crippen LogP contribution >= 0.6 is 0 Å². The van der Waals surface area contributed by atoms with Gasteiger partial charge in [-0.1, -0.05) is 36.8 Å². The van der Waals surface area contributed by atoms with Crippen LogP contribution in [0.5, 0.6) is 0 Å². The monoisotopic (exact) mass is 267 g/mol. The number of hydrogen-bond donors (Lipinski definition) is 0. The second-order valence-corrected chi connectivity index (χ2v) is 7.32. The van der Waals surface area contributed by atoms with E-state index in [1.54, 1.807) is 4.31 Å². The first kappa shape index (κ1) is 13.6. The number of aryl methyl sites for hydroxylation is 1. The third kappa shape index (κ3) is 3.33. The van der Waals surface area contributed by atoms with Crippen LogP contribution in [0.15, 0.2) is 24.3 Å². The Hall–Kier alpha value is -0.870. The number of benzene rings is 1. The van der Waals surface area contributed by atoms with Crippen molar-refractivity contribution in [1.82, 2.24) is 4.31 Å². The molecule has 1 aliphatic rings. The molecule has 0 N–H and O–H groups in total. The summed E-state index contributed by atoms with van der Waals surface area (Å²) in [6, 6.07) is 7.74. The van der Waals surface area contributed by atoms with E-state index >= 15 is 0 Å². The second-order valence-electron chi connectivity index (χ2n) is 5.35. The average molecular weight is 267 g/mol. The number of hydrogen-bond acceptors (Lipinski definition) is 2. The van der Waals surface area contributed by atoms with Gasteiger partial charge >= 0.3 is 0 Å². The molecule has 0 unspecified atom stereocenters. The maximum Gasteiger partial charge on any atom is 0.218 e. The predicted molar refractivity (Wildman–Crippen MR) is 73.8 cm³/mol. The van der Waals surface area contributed by atoms with Gasteiger partial charge in [-0.05, 0) is 31.2 Å². The third-order valence-electron chi connectivity index (χ3n) is 3.44. The highest BCUT2D eigenvalue weighted by Gasteiger charge is 2.27. The van der Waals surface area contributed by atoms with E-state index in [0.29, 0.717) is 19.0 Å². The van der Waals surface area contributed by atoms with Crippen LogP contribution in [-0.4, -0.2) is 25.8 Å². The van der Waals surface area contributed by atoms with Crippen LogP contribution in [0.25, 0.3) is 0 Å². The third-order valence-corrected chi connectivity index (χ3v) is 5.26. The van der Waals surface area contributed by atoms with E-state index in [9.17, 15) is 8.42 Å². The minimum atomic E-state index is -3.15. The van der Waals surface area contributed by atoms with Crippen molar-refractivity contribution in [2.24, 2.45) is 5.92 Å². The van der Waals surface area contributed by atoms with E-state index in [-0.39, 0.29) is 5.75 Å². The van der Waals surface area contributed by atoms with E-state index in [1.165, 1.54) is 0 Å².